The molecule has 27 heavy (non-hydrogen) atoms. The SMILES string of the molecule is CCOc1ccccc1NC(=O)CCOc1ccccc1-c1ccccc1. The van der Waals surface area contributed by atoms with Crippen LogP contribution in [0, 0.1) is 0 Å². The fraction of sp³-hybridized carbons (Fsp3) is 0.174. The van der Waals surface area contributed by atoms with Crippen molar-refractivity contribution >= 4 is 11.6 Å². The lowest BCUT2D eigenvalue weighted by Gasteiger charge is -2.13. The summed E-state index contributed by atoms with van der Waals surface area (Å²) in [6.45, 7) is 2.76. The molecule has 0 bridgehead atoms. The zero-order chi connectivity index (χ0) is 18.9. The molecule has 4 nitrogen and oxygen atoms in total. The molecule has 0 aliphatic carbocycles. The Labute approximate surface area is 159 Å². The zero-order valence-corrected chi connectivity index (χ0v) is 15.4. The van der Waals surface area contributed by atoms with Crippen molar-refractivity contribution in [3.63, 3.8) is 0 Å². The van der Waals surface area contributed by atoms with E-state index in [2.05, 4.69) is 5.32 Å². The maximum Gasteiger partial charge on any atom is 0.227 e. The minimum atomic E-state index is -0.112. The molecular weight excluding hydrogens is 338 g/mol. The summed E-state index contributed by atoms with van der Waals surface area (Å²) in [7, 11) is 0. The van der Waals surface area contributed by atoms with Gasteiger partial charge in [0, 0.05) is 5.56 Å². The van der Waals surface area contributed by atoms with Gasteiger partial charge in [0.1, 0.15) is 11.5 Å². The van der Waals surface area contributed by atoms with Gasteiger partial charge in [0.15, 0.2) is 0 Å². The highest BCUT2D eigenvalue weighted by molar-refractivity contribution is 5.92. The number of benzene rings is 3. The second-order valence-electron chi connectivity index (χ2n) is 5.94. The first-order chi connectivity index (χ1) is 13.3. The standard InChI is InChI=1S/C23H23NO3/c1-2-26-22-15-9-7-13-20(22)24-23(25)16-17-27-21-14-8-6-12-19(21)18-10-4-3-5-11-18/h3-15H,2,16-17H2,1H3,(H,24,25). The summed E-state index contributed by atoms with van der Waals surface area (Å²) in [6.07, 6.45) is 0.254. The number of amides is 1. The van der Waals surface area contributed by atoms with Crippen LogP contribution in [-0.2, 0) is 4.79 Å². The average Bonchev–Trinajstić information content (AvgIpc) is 2.71. The molecule has 0 heterocycles. The Hall–Kier alpha value is -3.27. The molecule has 138 valence electrons. The first-order valence-corrected chi connectivity index (χ1v) is 9.07. The number of rotatable bonds is 8. The summed E-state index contributed by atoms with van der Waals surface area (Å²) in [5.41, 5.74) is 2.78. The monoisotopic (exact) mass is 361 g/mol. The highest BCUT2D eigenvalue weighted by Crippen LogP contribution is 2.29. The average molecular weight is 361 g/mol. The van der Waals surface area contributed by atoms with E-state index in [0.29, 0.717) is 24.7 Å². The van der Waals surface area contributed by atoms with Crippen LogP contribution >= 0.6 is 0 Å². The van der Waals surface area contributed by atoms with Gasteiger partial charge in [0.05, 0.1) is 25.3 Å². The third-order valence-corrected chi connectivity index (χ3v) is 4.02. The van der Waals surface area contributed by atoms with Crippen molar-refractivity contribution in [3.05, 3.63) is 78.9 Å². The Bertz CT molecular complexity index is 878. The summed E-state index contributed by atoms with van der Waals surface area (Å²) < 4.78 is 11.4. The lowest BCUT2D eigenvalue weighted by molar-refractivity contribution is -0.116. The van der Waals surface area contributed by atoms with Gasteiger partial charge in [0.25, 0.3) is 0 Å². The molecule has 3 aromatic rings. The van der Waals surface area contributed by atoms with Crippen molar-refractivity contribution < 1.29 is 14.3 Å². The van der Waals surface area contributed by atoms with Crippen molar-refractivity contribution in [1.29, 1.82) is 0 Å². The Morgan fingerprint density at radius 1 is 0.815 bits per heavy atom. The highest BCUT2D eigenvalue weighted by atomic mass is 16.5. The summed E-state index contributed by atoms with van der Waals surface area (Å²) in [5.74, 6) is 1.33. The number of nitrogens with one attached hydrogen (secondary N) is 1. The highest BCUT2D eigenvalue weighted by Gasteiger charge is 2.09. The predicted octanol–water partition coefficient (Wildman–Crippen LogP) is 5.16. The second-order valence-corrected chi connectivity index (χ2v) is 5.94. The van der Waals surface area contributed by atoms with Crippen LogP contribution in [0.2, 0.25) is 0 Å². The molecule has 0 radical (unpaired) electrons. The summed E-state index contributed by atoms with van der Waals surface area (Å²) in [6, 6.07) is 25.3. The van der Waals surface area contributed by atoms with Crippen molar-refractivity contribution in [2.45, 2.75) is 13.3 Å². The Kier molecular flexibility index (Phi) is 6.47. The molecule has 0 saturated heterocycles. The number of ether oxygens (including phenoxy) is 2. The molecule has 0 atom stereocenters. The fourth-order valence-corrected chi connectivity index (χ4v) is 2.77. The lowest BCUT2D eigenvalue weighted by atomic mass is 10.1. The van der Waals surface area contributed by atoms with Crippen LogP contribution in [0.3, 0.4) is 0 Å². The van der Waals surface area contributed by atoms with E-state index in [4.69, 9.17) is 9.47 Å². The van der Waals surface area contributed by atoms with E-state index < -0.39 is 0 Å². The zero-order valence-electron chi connectivity index (χ0n) is 15.4. The van der Waals surface area contributed by atoms with Crippen molar-refractivity contribution in [2.75, 3.05) is 18.5 Å². The van der Waals surface area contributed by atoms with Crippen LogP contribution in [0.5, 0.6) is 11.5 Å². The molecule has 3 rings (SSSR count). The van der Waals surface area contributed by atoms with E-state index in [0.717, 1.165) is 16.9 Å². The van der Waals surface area contributed by atoms with Crippen LogP contribution in [0.1, 0.15) is 13.3 Å². The molecule has 1 amide bonds. The first-order valence-electron chi connectivity index (χ1n) is 9.07. The number of hydrogen-bond donors (Lipinski definition) is 1. The molecule has 0 saturated carbocycles. The Morgan fingerprint density at radius 3 is 2.26 bits per heavy atom. The molecule has 0 aromatic heterocycles. The van der Waals surface area contributed by atoms with Crippen LogP contribution in [0.4, 0.5) is 5.69 Å². The van der Waals surface area contributed by atoms with E-state index in [1.807, 2.05) is 85.8 Å². The molecular formula is C23H23NO3. The van der Waals surface area contributed by atoms with E-state index in [9.17, 15) is 4.79 Å². The predicted molar refractivity (Wildman–Crippen MR) is 108 cm³/mol. The minimum absolute atomic E-state index is 0.112. The maximum atomic E-state index is 12.3. The van der Waals surface area contributed by atoms with E-state index in [1.54, 1.807) is 0 Å². The molecule has 0 aliphatic rings. The van der Waals surface area contributed by atoms with Crippen LogP contribution < -0.4 is 14.8 Å². The quantitative estimate of drug-likeness (QED) is 0.603. The van der Waals surface area contributed by atoms with Crippen molar-refractivity contribution in [2.24, 2.45) is 0 Å². The van der Waals surface area contributed by atoms with Gasteiger partial charge in [-0.15, -0.1) is 0 Å². The van der Waals surface area contributed by atoms with E-state index in [-0.39, 0.29) is 12.3 Å². The maximum absolute atomic E-state index is 12.3. The van der Waals surface area contributed by atoms with E-state index in [1.165, 1.54) is 0 Å². The van der Waals surface area contributed by atoms with Gasteiger partial charge >= 0.3 is 0 Å². The third kappa shape index (κ3) is 5.11. The number of para-hydroxylation sites is 3. The summed E-state index contributed by atoms with van der Waals surface area (Å²) in [4.78, 5) is 12.3. The topological polar surface area (TPSA) is 47.6 Å². The summed E-state index contributed by atoms with van der Waals surface area (Å²) >= 11 is 0. The molecule has 3 aromatic carbocycles. The second kappa shape index (κ2) is 9.43. The minimum Gasteiger partial charge on any atom is -0.492 e. The largest absolute Gasteiger partial charge is 0.492 e. The molecule has 0 fully saturated rings. The molecule has 1 N–H and O–H groups in total. The van der Waals surface area contributed by atoms with Crippen molar-refractivity contribution in [3.8, 4) is 22.6 Å². The molecule has 0 aliphatic heterocycles. The number of carbonyl (C=O) groups is 1. The molecule has 0 unspecified atom stereocenters. The summed E-state index contributed by atoms with van der Waals surface area (Å²) in [5, 5.41) is 2.88. The van der Waals surface area contributed by atoms with Gasteiger partial charge in [-0.2, -0.15) is 0 Å². The van der Waals surface area contributed by atoms with Gasteiger partial charge < -0.3 is 14.8 Å². The number of carbonyl (C=O) groups excluding carboxylic acids is 1. The number of anilines is 1. The van der Waals surface area contributed by atoms with Crippen LogP contribution in [-0.4, -0.2) is 19.1 Å². The first kappa shape index (κ1) is 18.5. The smallest absolute Gasteiger partial charge is 0.227 e. The van der Waals surface area contributed by atoms with Crippen LogP contribution in [0.25, 0.3) is 11.1 Å². The van der Waals surface area contributed by atoms with Gasteiger partial charge in [-0.1, -0.05) is 60.7 Å². The third-order valence-electron chi connectivity index (χ3n) is 4.02. The van der Waals surface area contributed by atoms with Gasteiger partial charge in [0.2, 0.25) is 5.91 Å². The number of hydrogen-bond acceptors (Lipinski definition) is 3. The molecule has 4 heteroatoms. The van der Waals surface area contributed by atoms with Gasteiger partial charge in [-0.25, -0.2) is 0 Å². The van der Waals surface area contributed by atoms with Gasteiger partial charge in [-0.05, 0) is 30.7 Å². The van der Waals surface area contributed by atoms with E-state index >= 15 is 0 Å². The lowest BCUT2D eigenvalue weighted by Crippen LogP contribution is -2.16. The Morgan fingerprint density at radius 2 is 1.48 bits per heavy atom. The van der Waals surface area contributed by atoms with Gasteiger partial charge in [-0.3, -0.25) is 4.79 Å². The fourth-order valence-electron chi connectivity index (χ4n) is 2.77. The molecule has 0 spiro atoms. The van der Waals surface area contributed by atoms with Crippen molar-refractivity contribution in [1.82, 2.24) is 0 Å². The normalized spacial score (nSPS) is 10.3. The van der Waals surface area contributed by atoms with Crippen LogP contribution in [0.15, 0.2) is 78.9 Å². The Balaban J connectivity index is 1.59.